The van der Waals surface area contributed by atoms with E-state index in [1.165, 1.54) is 7.11 Å². The van der Waals surface area contributed by atoms with Gasteiger partial charge < -0.3 is 24.3 Å². The zero-order chi connectivity index (χ0) is 21.8. The minimum Gasteiger partial charge on any atom is -0.493 e. The van der Waals surface area contributed by atoms with E-state index >= 15 is 0 Å². The fourth-order valence-electron chi connectivity index (χ4n) is 3.41. The Morgan fingerprint density at radius 2 is 1.97 bits per heavy atom. The molecule has 1 heterocycles. The molecule has 1 amide bonds. The summed E-state index contributed by atoms with van der Waals surface area (Å²) in [5.41, 5.74) is 2.65. The van der Waals surface area contributed by atoms with Crippen molar-refractivity contribution in [2.24, 2.45) is 0 Å². The van der Waals surface area contributed by atoms with Gasteiger partial charge in [0.1, 0.15) is 12.2 Å². The van der Waals surface area contributed by atoms with E-state index in [4.69, 9.17) is 30.5 Å². The predicted octanol–water partition coefficient (Wildman–Crippen LogP) is 4.05. The molecule has 3 rings (SSSR count). The lowest BCUT2D eigenvalue weighted by Crippen LogP contribution is -2.32. The van der Waals surface area contributed by atoms with Crippen LogP contribution in [0.5, 0.6) is 11.5 Å². The van der Waals surface area contributed by atoms with E-state index in [0.717, 1.165) is 5.56 Å². The smallest absolute Gasteiger partial charge is 0.308 e. The number of halogens is 1. The summed E-state index contributed by atoms with van der Waals surface area (Å²) >= 11 is 6.38. The van der Waals surface area contributed by atoms with E-state index in [1.54, 1.807) is 38.3 Å². The van der Waals surface area contributed by atoms with Crippen LogP contribution in [0.1, 0.15) is 36.1 Å². The largest absolute Gasteiger partial charge is 0.493 e. The molecule has 2 atom stereocenters. The fourth-order valence-corrected chi connectivity index (χ4v) is 3.58. The molecule has 0 radical (unpaired) electrons. The van der Waals surface area contributed by atoms with Crippen LogP contribution in [0.2, 0.25) is 5.02 Å². The third-order valence-electron chi connectivity index (χ3n) is 4.84. The van der Waals surface area contributed by atoms with Crippen molar-refractivity contribution in [2.45, 2.75) is 32.5 Å². The van der Waals surface area contributed by atoms with Crippen molar-refractivity contribution in [1.82, 2.24) is 0 Å². The number of amides is 1. The molecular formula is C22H24ClNO6. The summed E-state index contributed by atoms with van der Waals surface area (Å²) in [4.78, 5) is 24.9. The van der Waals surface area contributed by atoms with Crippen molar-refractivity contribution in [3.8, 4) is 11.5 Å². The average Bonchev–Trinajstić information content (AvgIpc) is 2.84. The average molecular weight is 434 g/mol. The molecule has 0 saturated heterocycles. The van der Waals surface area contributed by atoms with Gasteiger partial charge in [0, 0.05) is 21.8 Å². The van der Waals surface area contributed by atoms with Crippen molar-refractivity contribution >= 4 is 29.2 Å². The van der Waals surface area contributed by atoms with Crippen molar-refractivity contribution in [3.63, 3.8) is 0 Å². The van der Waals surface area contributed by atoms with Gasteiger partial charge in [0.15, 0.2) is 11.5 Å². The maximum absolute atomic E-state index is 12.8. The van der Waals surface area contributed by atoms with Crippen LogP contribution in [0.3, 0.4) is 0 Å². The number of methoxy groups -OCH3 is 2. The first-order chi connectivity index (χ1) is 14.4. The van der Waals surface area contributed by atoms with Crippen molar-refractivity contribution < 1.29 is 28.5 Å². The molecule has 8 heteroatoms. The Morgan fingerprint density at radius 1 is 1.20 bits per heavy atom. The number of anilines is 1. The van der Waals surface area contributed by atoms with Gasteiger partial charge in [-0.25, -0.2) is 0 Å². The number of carbonyl (C=O) groups excluding carboxylic acids is 2. The lowest BCUT2D eigenvalue weighted by Gasteiger charge is -2.24. The normalized spacial score (nSPS) is 18.1. The molecule has 2 aromatic rings. The van der Waals surface area contributed by atoms with E-state index in [9.17, 15) is 9.59 Å². The molecular weight excluding hydrogens is 410 g/mol. The molecule has 0 bridgehead atoms. The van der Waals surface area contributed by atoms with E-state index in [2.05, 4.69) is 5.32 Å². The number of ether oxygens (including phenoxy) is 4. The third-order valence-corrected chi connectivity index (χ3v) is 5.24. The summed E-state index contributed by atoms with van der Waals surface area (Å²) in [5, 5.41) is 3.38. The Labute approximate surface area is 180 Å². The number of benzene rings is 2. The first-order valence-electron chi connectivity index (χ1n) is 9.52. The zero-order valence-electron chi connectivity index (χ0n) is 17.3. The summed E-state index contributed by atoms with van der Waals surface area (Å²) in [6.07, 6.45) is -2.01. The van der Waals surface area contributed by atoms with Gasteiger partial charge in [0.05, 0.1) is 27.2 Å². The van der Waals surface area contributed by atoms with Crippen LogP contribution < -0.4 is 14.8 Å². The van der Waals surface area contributed by atoms with Gasteiger partial charge in [-0.05, 0) is 37.6 Å². The molecule has 7 nitrogen and oxygen atoms in total. The molecule has 0 spiro atoms. The number of rotatable bonds is 6. The first kappa shape index (κ1) is 21.9. The quantitative estimate of drug-likeness (QED) is 0.692. The molecule has 0 saturated carbocycles. The van der Waals surface area contributed by atoms with E-state index in [0.29, 0.717) is 33.3 Å². The van der Waals surface area contributed by atoms with Crippen LogP contribution >= 0.6 is 11.6 Å². The number of fused-ring (bicyclic) bond motifs is 1. The van der Waals surface area contributed by atoms with E-state index in [1.807, 2.05) is 13.0 Å². The van der Waals surface area contributed by atoms with Crippen molar-refractivity contribution in [2.75, 3.05) is 26.1 Å². The molecule has 2 aromatic carbocycles. The third kappa shape index (κ3) is 4.37. The van der Waals surface area contributed by atoms with Gasteiger partial charge in [0.2, 0.25) is 0 Å². The Morgan fingerprint density at radius 3 is 2.63 bits per heavy atom. The number of esters is 1. The number of aryl methyl sites for hydroxylation is 1. The van der Waals surface area contributed by atoms with Crippen LogP contribution in [-0.2, 0) is 19.1 Å². The van der Waals surface area contributed by atoms with E-state index in [-0.39, 0.29) is 13.0 Å². The Hall–Kier alpha value is -2.77. The summed E-state index contributed by atoms with van der Waals surface area (Å²) < 4.78 is 22.2. The summed E-state index contributed by atoms with van der Waals surface area (Å²) in [6, 6.07) is 8.92. The SMILES string of the molecule is CCOC(=O)C[C@H]1O[C@H](c2cccc(OC)c2OC)c2cc(Cl)c(C)cc2NC1=O. The van der Waals surface area contributed by atoms with Gasteiger partial charge in [-0.15, -0.1) is 0 Å². The number of hydrogen-bond donors (Lipinski definition) is 1. The highest BCUT2D eigenvalue weighted by Gasteiger charge is 2.35. The zero-order valence-corrected chi connectivity index (χ0v) is 18.0. The lowest BCUT2D eigenvalue weighted by atomic mass is 9.97. The van der Waals surface area contributed by atoms with Crippen LogP contribution in [0.15, 0.2) is 30.3 Å². The molecule has 160 valence electrons. The molecule has 0 aliphatic carbocycles. The lowest BCUT2D eigenvalue weighted by molar-refractivity contribution is -0.150. The summed E-state index contributed by atoms with van der Waals surface area (Å²) in [6.45, 7) is 3.77. The summed E-state index contributed by atoms with van der Waals surface area (Å²) in [7, 11) is 3.07. The molecule has 0 unspecified atom stereocenters. The maximum atomic E-state index is 12.8. The van der Waals surface area contributed by atoms with Crippen molar-refractivity contribution in [3.05, 3.63) is 52.0 Å². The molecule has 1 N–H and O–H groups in total. The second kappa shape index (κ2) is 9.36. The highest BCUT2D eigenvalue weighted by Crippen LogP contribution is 2.44. The minimum absolute atomic E-state index is 0.218. The number of carbonyl (C=O) groups is 2. The van der Waals surface area contributed by atoms with Crippen LogP contribution in [-0.4, -0.2) is 38.8 Å². The summed E-state index contributed by atoms with van der Waals surface area (Å²) in [5.74, 6) is 0.0327. The van der Waals surface area contributed by atoms with Crippen LogP contribution in [0.4, 0.5) is 5.69 Å². The topological polar surface area (TPSA) is 83.1 Å². The molecule has 0 aromatic heterocycles. The molecule has 0 fully saturated rings. The van der Waals surface area contributed by atoms with Crippen LogP contribution in [0, 0.1) is 6.92 Å². The molecule has 1 aliphatic rings. The monoisotopic (exact) mass is 433 g/mol. The van der Waals surface area contributed by atoms with E-state index < -0.39 is 24.1 Å². The highest BCUT2D eigenvalue weighted by molar-refractivity contribution is 6.31. The first-order valence-corrected chi connectivity index (χ1v) is 9.90. The standard InChI is InChI=1S/C22H24ClNO6/c1-5-29-19(25)11-18-22(26)24-16-9-12(2)15(23)10-14(16)20(30-18)13-7-6-8-17(27-3)21(13)28-4/h6-10,18,20H,5,11H2,1-4H3,(H,24,26)/t18-,20-/m1/s1. The Bertz CT molecular complexity index is 961. The highest BCUT2D eigenvalue weighted by atomic mass is 35.5. The second-order valence-corrected chi connectivity index (χ2v) is 7.18. The van der Waals surface area contributed by atoms with Gasteiger partial charge in [-0.1, -0.05) is 23.7 Å². The molecule has 1 aliphatic heterocycles. The Kier molecular flexibility index (Phi) is 6.84. The van der Waals surface area contributed by atoms with Gasteiger partial charge in [-0.2, -0.15) is 0 Å². The minimum atomic E-state index is -1.06. The number of nitrogens with one attached hydrogen (secondary N) is 1. The predicted molar refractivity (Wildman–Crippen MR) is 112 cm³/mol. The van der Waals surface area contributed by atoms with Gasteiger partial charge in [0.25, 0.3) is 5.91 Å². The van der Waals surface area contributed by atoms with Crippen molar-refractivity contribution in [1.29, 1.82) is 0 Å². The molecule has 30 heavy (non-hydrogen) atoms. The van der Waals surface area contributed by atoms with Gasteiger partial charge in [-0.3, -0.25) is 9.59 Å². The number of para-hydroxylation sites is 1. The number of hydrogen-bond acceptors (Lipinski definition) is 6. The maximum Gasteiger partial charge on any atom is 0.308 e. The fraction of sp³-hybridized carbons (Fsp3) is 0.364. The second-order valence-electron chi connectivity index (χ2n) is 6.77. The van der Waals surface area contributed by atoms with Crippen LogP contribution in [0.25, 0.3) is 0 Å². The Balaban J connectivity index is 2.14. The van der Waals surface area contributed by atoms with Gasteiger partial charge >= 0.3 is 5.97 Å².